The number of aliphatic hydroxyl groups excluding tert-OH is 1. The molecule has 1 aromatic rings. The number of nitrogens with zero attached hydrogens (tertiary/aromatic N) is 2. The molecule has 16 heavy (non-hydrogen) atoms. The zero-order chi connectivity index (χ0) is 11.7. The molecular weight excluding hydrogens is 207 g/mol. The summed E-state index contributed by atoms with van der Waals surface area (Å²) in [5.41, 5.74) is 0.623. The third-order valence-corrected chi connectivity index (χ3v) is 3.00. The minimum absolute atomic E-state index is 0.130. The van der Waals surface area contributed by atoms with Crippen molar-refractivity contribution >= 4 is 5.82 Å². The van der Waals surface area contributed by atoms with Gasteiger partial charge < -0.3 is 10.0 Å². The van der Waals surface area contributed by atoms with E-state index in [0.717, 1.165) is 19.4 Å². The summed E-state index contributed by atoms with van der Waals surface area (Å²) in [5.74, 6) is 0.239. The number of hydrogen-bond donors (Lipinski definition) is 1. The van der Waals surface area contributed by atoms with Gasteiger partial charge in [0.25, 0.3) is 0 Å². The van der Waals surface area contributed by atoms with Crippen LogP contribution in [0.4, 0.5) is 10.2 Å². The van der Waals surface area contributed by atoms with Crippen LogP contribution in [0, 0.1) is 5.95 Å². The largest absolute Gasteiger partial charge is 0.374 e. The second-order valence-electron chi connectivity index (χ2n) is 4.52. The Morgan fingerprint density at radius 3 is 2.75 bits per heavy atom. The monoisotopic (exact) mass is 224 g/mol. The molecule has 0 radical (unpaired) electrons. The summed E-state index contributed by atoms with van der Waals surface area (Å²) < 4.78 is 13.7. The molecule has 1 unspecified atom stereocenters. The third kappa shape index (κ3) is 2.02. The first-order valence-corrected chi connectivity index (χ1v) is 5.70. The van der Waals surface area contributed by atoms with Crippen molar-refractivity contribution in [3.8, 4) is 0 Å². The van der Waals surface area contributed by atoms with Gasteiger partial charge >= 0.3 is 0 Å². The smallest absolute Gasteiger partial charge is 0.218 e. The number of rotatable bonds is 2. The normalized spacial score (nSPS) is 20.8. The fourth-order valence-electron chi connectivity index (χ4n) is 2.04. The SMILES string of the molecule is CC(C)c1ccc(N2CCCC2O)nc1F. The molecule has 0 bridgehead atoms. The van der Waals surface area contributed by atoms with Gasteiger partial charge in [-0.1, -0.05) is 19.9 Å². The van der Waals surface area contributed by atoms with Crippen molar-refractivity contribution in [3.05, 3.63) is 23.6 Å². The van der Waals surface area contributed by atoms with Gasteiger partial charge in [-0.2, -0.15) is 4.39 Å². The van der Waals surface area contributed by atoms with Gasteiger partial charge in [0.15, 0.2) is 0 Å². The first-order valence-electron chi connectivity index (χ1n) is 5.70. The molecule has 1 aliphatic rings. The first-order chi connectivity index (χ1) is 7.59. The van der Waals surface area contributed by atoms with Crippen LogP contribution in [0.25, 0.3) is 0 Å². The third-order valence-electron chi connectivity index (χ3n) is 3.00. The summed E-state index contributed by atoms with van der Waals surface area (Å²) in [4.78, 5) is 5.67. The number of pyridine rings is 1. The van der Waals surface area contributed by atoms with Gasteiger partial charge in [0.05, 0.1) is 0 Å². The van der Waals surface area contributed by atoms with E-state index in [1.165, 1.54) is 0 Å². The van der Waals surface area contributed by atoms with Crippen LogP contribution in [0.2, 0.25) is 0 Å². The van der Waals surface area contributed by atoms with E-state index < -0.39 is 12.2 Å². The highest BCUT2D eigenvalue weighted by Crippen LogP contribution is 2.25. The lowest BCUT2D eigenvalue weighted by Gasteiger charge is -2.21. The molecule has 4 heteroatoms. The predicted molar refractivity (Wildman–Crippen MR) is 60.9 cm³/mol. The van der Waals surface area contributed by atoms with Gasteiger partial charge in [0.2, 0.25) is 5.95 Å². The van der Waals surface area contributed by atoms with E-state index >= 15 is 0 Å². The quantitative estimate of drug-likeness (QED) is 0.783. The number of aromatic nitrogens is 1. The maximum Gasteiger partial charge on any atom is 0.218 e. The maximum absolute atomic E-state index is 13.7. The fraction of sp³-hybridized carbons (Fsp3) is 0.583. The summed E-state index contributed by atoms with van der Waals surface area (Å²) >= 11 is 0. The topological polar surface area (TPSA) is 36.4 Å². The molecule has 3 nitrogen and oxygen atoms in total. The Labute approximate surface area is 94.9 Å². The molecule has 1 fully saturated rings. The van der Waals surface area contributed by atoms with Crippen molar-refractivity contribution in [2.75, 3.05) is 11.4 Å². The van der Waals surface area contributed by atoms with E-state index in [1.54, 1.807) is 17.0 Å². The molecule has 1 aromatic heterocycles. The Hall–Kier alpha value is -1.16. The molecule has 1 aliphatic heterocycles. The summed E-state index contributed by atoms with van der Waals surface area (Å²) in [7, 11) is 0. The molecule has 1 saturated heterocycles. The lowest BCUT2D eigenvalue weighted by Crippen LogP contribution is -2.29. The van der Waals surface area contributed by atoms with Crippen molar-refractivity contribution in [2.45, 2.75) is 38.8 Å². The number of halogens is 1. The minimum Gasteiger partial charge on any atom is -0.374 e. The lowest BCUT2D eigenvalue weighted by molar-refractivity contribution is 0.185. The van der Waals surface area contributed by atoms with E-state index in [0.29, 0.717) is 11.4 Å². The van der Waals surface area contributed by atoms with Crippen LogP contribution < -0.4 is 4.90 Å². The van der Waals surface area contributed by atoms with Crippen molar-refractivity contribution in [1.29, 1.82) is 0 Å². The Kier molecular flexibility index (Phi) is 3.10. The number of hydrogen-bond acceptors (Lipinski definition) is 3. The lowest BCUT2D eigenvalue weighted by atomic mass is 10.1. The van der Waals surface area contributed by atoms with Crippen molar-refractivity contribution < 1.29 is 9.50 Å². The first kappa shape index (κ1) is 11.3. The highest BCUT2D eigenvalue weighted by atomic mass is 19.1. The van der Waals surface area contributed by atoms with Gasteiger partial charge in [-0.3, -0.25) is 0 Å². The van der Waals surface area contributed by atoms with E-state index in [1.807, 2.05) is 13.8 Å². The molecule has 1 atom stereocenters. The van der Waals surface area contributed by atoms with E-state index in [9.17, 15) is 9.50 Å². The average Bonchev–Trinajstić information content (AvgIpc) is 2.63. The summed E-state index contributed by atoms with van der Waals surface area (Å²) in [6.45, 7) is 4.61. The molecule has 0 saturated carbocycles. The molecule has 88 valence electrons. The standard InChI is InChI=1S/C12H17FN2O/c1-8(2)9-5-6-10(14-12(9)13)15-7-3-4-11(15)16/h5-6,8,11,16H,3-4,7H2,1-2H3. The Bertz CT molecular complexity index is 381. The molecule has 0 spiro atoms. The molecule has 2 rings (SSSR count). The average molecular weight is 224 g/mol. The van der Waals surface area contributed by atoms with Gasteiger partial charge in [-0.15, -0.1) is 0 Å². The van der Waals surface area contributed by atoms with Gasteiger partial charge in [0, 0.05) is 12.1 Å². The van der Waals surface area contributed by atoms with Gasteiger partial charge in [-0.25, -0.2) is 4.98 Å². The van der Waals surface area contributed by atoms with E-state index in [2.05, 4.69) is 4.98 Å². The fourth-order valence-corrected chi connectivity index (χ4v) is 2.04. The minimum atomic E-state index is -0.517. The maximum atomic E-state index is 13.7. The summed E-state index contributed by atoms with van der Waals surface area (Å²) in [6.07, 6.45) is 1.14. The van der Waals surface area contributed by atoms with Gasteiger partial charge in [-0.05, 0) is 24.8 Å². The molecule has 0 aliphatic carbocycles. The van der Waals surface area contributed by atoms with Crippen LogP contribution >= 0.6 is 0 Å². The number of anilines is 1. The molecule has 1 N–H and O–H groups in total. The summed E-state index contributed by atoms with van der Waals surface area (Å²) in [6, 6.07) is 3.54. The van der Waals surface area contributed by atoms with Crippen molar-refractivity contribution in [3.63, 3.8) is 0 Å². The molecule has 2 heterocycles. The summed E-state index contributed by atoms with van der Waals surface area (Å²) in [5, 5.41) is 9.68. The zero-order valence-electron chi connectivity index (χ0n) is 9.65. The Balaban J connectivity index is 2.27. The second-order valence-corrected chi connectivity index (χ2v) is 4.52. The highest BCUT2D eigenvalue weighted by Gasteiger charge is 2.24. The molecule has 0 aromatic carbocycles. The van der Waals surface area contributed by atoms with Crippen molar-refractivity contribution in [2.24, 2.45) is 0 Å². The Morgan fingerprint density at radius 1 is 1.50 bits per heavy atom. The van der Waals surface area contributed by atoms with Crippen LogP contribution in [0.1, 0.15) is 38.2 Å². The molecule has 0 amide bonds. The number of aliphatic hydroxyl groups is 1. The van der Waals surface area contributed by atoms with Crippen LogP contribution in [-0.2, 0) is 0 Å². The predicted octanol–water partition coefficient (Wildman–Crippen LogP) is 2.26. The Morgan fingerprint density at radius 2 is 2.25 bits per heavy atom. The van der Waals surface area contributed by atoms with E-state index in [-0.39, 0.29) is 5.92 Å². The van der Waals surface area contributed by atoms with E-state index in [4.69, 9.17) is 0 Å². The van der Waals surface area contributed by atoms with Gasteiger partial charge in [0.1, 0.15) is 12.0 Å². The highest BCUT2D eigenvalue weighted by molar-refractivity contribution is 5.41. The van der Waals surface area contributed by atoms with Crippen LogP contribution in [-0.4, -0.2) is 22.9 Å². The van der Waals surface area contributed by atoms with Crippen molar-refractivity contribution in [1.82, 2.24) is 4.98 Å². The molecular formula is C12H17FN2O. The van der Waals surface area contributed by atoms with Crippen LogP contribution in [0.15, 0.2) is 12.1 Å². The van der Waals surface area contributed by atoms with Crippen LogP contribution in [0.3, 0.4) is 0 Å². The second kappa shape index (κ2) is 4.37. The van der Waals surface area contributed by atoms with Crippen LogP contribution in [0.5, 0.6) is 0 Å². The zero-order valence-corrected chi connectivity index (χ0v) is 9.65.